The average molecular weight is 519 g/mol. The lowest BCUT2D eigenvalue weighted by molar-refractivity contribution is -0.0564. The molecule has 8 heteroatoms. The highest BCUT2D eigenvalue weighted by atomic mass is 32.2. The first-order valence-corrected chi connectivity index (χ1v) is 16.1. The maximum absolute atomic E-state index is 12.7. The third-order valence-corrected chi connectivity index (χ3v) is 11.5. The number of ether oxygens (including phenoxy) is 2. The van der Waals surface area contributed by atoms with Crippen LogP contribution in [0.25, 0.3) is 0 Å². The molecule has 4 aliphatic carbocycles. The largest absolute Gasteiger partial charge is 0.381 e. The van der Waals surface area contributed by atoms with E-state index in [1.807, 2.05) is 0 Å². The minimum Gasteiger partial charge on any atom is -0.381 e. The van der Waals surface area contributed by atoms with Crippen molar-refractivity contribution in [3.8, 4) is 0 Å². The van der Waals surface area contributed by atoms with Crippen LogP contribution in [0.15, 0.2) is 0 Å². The molecule has 198 valence electrons. The molecule has 4 aliphatic rings. The Bertz CT molecular complexity index is 644. The smallest absolute Gasteiger partial charge is 0.158 e. The van der Waals surface area contributed by atoms with E-state index in [1.165, 1.54) is 12.8 Å². The van der Waals surface area contributed by atoms with Crippen molar-refractivity contribution in [2.24, 2.45) is 5.92 Å². The standard InChI is InChI=1S/C26H46O6S2/c1-19-3-15-25(16-4-19)33(27)32-24-11-7-21(8-12-24)30-22-13-17-26(18-14-22)34(28)31-23-9-5-20(29-2)6-10-23/h19-26H,3-18H2,1-2H3. The summed E-state index contributed by atoms with van der Waals surface area (Å²) >= 11 is -2.33. The van der Waals surface area contributed by atoms with E-state index in [2.05, 4.69) is 6.92 Å². The van der Waals surface area contributed by atoms with Gasteiger partial charge in [-0.1, -0.05) is 6.92 Å². The van der Waals surface area contributed by atoms with Gasteiger partial charge in [0, 0.05) is 7.11 Å². The zero-order valence-electron chi connectivity index (χ0n) is 21.2. The van der Waals surface area contributed by atoms with Gasteiger partial charge in [-0.25, -0.2) is 8.42 Å². The van der Waals surface area contributed by atoms with Crippen molar-refractivity contribution in [2.45, 2.75) is 151 Å². The molecule has 0 heterocycles. The third-order valence-electron chi connectivity index (χ3n) is 8.55. The molecule has 6 nitrogen and oxygen atoms in total. The molecule has 2 atom stereocenters. The summed E-state index contributed by atoms with van der Waals surface area (Å²) in [5.74, 6) is 0.768. The third kappa shape index (κ3) is 8.07. The van der Waals surface area contributed by atoms with Crippen molar-refractivity contribution in [3.63, 3.8) is 0 Å². The van der Waals surface area contributed by atoms with E-state index in [9.17, 15) is 8.42 Å². The first-order valence-electron chi connectivity index (χ1n) is 13.8. The van der Waals surface area contributed by atoms with Crippen LogP contribution < -0.4 is 0 Å². The van der Waals surface area contributed by atoms with E-state index in [0.717, 1.165) is 95.8 Å². The molecular formula is C26H46O6S2. The van der Waals surface area contributed by atoms with E-state index in [4.69, 9.17) is 17.8 Å². The molecule has 0 saturated heterocycles. The minimum absolute atomic E-state index is 0.120. The van der Waals surface area contributed by atoms with Gasteiger partial charge in [-0.2, -0.15) is 0 Å². The van der Waals surface area contributed by atoms with Crippen LogP contribution in [0.2, 0.25) is 0 Å². The van der Waals surface area contributed by atoms with Gasteiger partial charge in [0.15, 0.2) is 22.2 Å². The van der Waals surface area contributed by atoms with Crippen molar-refractivity contribution >= 4 is 22.2 Å². The van der Waals surface area contributed by atoms with Crippen LogP contribution in [0.1, 0.15) is 110 Å². The first-order chi connectivity index (χ1) is 16.5. The summed E-state index contributed by atoms with van der Waals surface area (Å²) in [7, 11) is 1.77. The molecule has 0 bridgehead atoms. The fourth-order valence-corrected chi connectivity index (χ4v) is 8.66. The molecule has 0 aliphatic heterocycles. The van der Waals surface area contributed by atoms with Crippen LogP contribution in [-0.2, 0) is 40.0 Å². The Kier molecular flexibility index (Phi) is 10.9. The molecule has 2 unspecified atom stereocenters. The van der Waals surface area contributed by atoms with E-state index >= 15 is 0 Å². The SMILES string of the molecule is COC1CCC(OS(=O)C2CCC(OC3CCC(OS(=O)C4CCC(C)CC4)CC3)CC2)CC1. The van der Waals surface area contributed by atoms with Crippen molar-refractivity contribution in [3.05, 3.63) is 0 Å². The summed E-state index contributed by atoms with van der Waals surface area (Å²) in [4.78, 5) is 0. The molecule has 0 spiro atoms. The van der Waals surface area contributed by atoms with Crippen molar-refractivity contribution in [1.82, 2.24) is 0 Å². The first kappa shape index (κ1) is 27.2. The molecule has 0 aromatic carbocycles. The van der Waals surface area contributed by atoms with E-state index < -0.39 is 22.2 Å². The summed E-state index contributed by atoms with van der Waals surface area (Å²) in [6.07, 6.45) is 17.1. The van der Waals surface area contributed by atoms with Crippen molar-refractivity contribution in [2.75, 3.05) is 7.11 Å². The number of methoxy groups -OCH3 is 1. The van der Waals surface area contributed by atoms with Crippen LogP contribution in [0.4, 0.5) is 0 Å². The number of hydrogen-bond acceptors (Lipinski definition) is 6. The Morgan fingerprint density at radius 2 is 0.853 bits per heavy atom. The predicted octanol–water partition coefficient (Wildman–Crippen LogP) is 5.52. The second-order valence-electron chi connectivity index (χ2n) is 11.2. The Morgan fingerprint density at radius 3 is 1.29 bits per heavy atom. The van der Waals surface area contributed by atoms with E-state index in [1.54, 1.807) is 7.11 Å². The average Bonchev–Trinajstić information content (AvgIpc) is 2.86. The van der Waals surface area contributed by atoms with Gasteiger partial charge >= 0.3 is 0 Å². The van der Waals surface area contributed by atoms with Gasteiger partial charge in [0.05, 0.1) is 41.0 Å². The Hall–Kier alpha value is 0.140. The van der Waals surface area contributed by atoms with Gasteiger partial charge < -0.3 is 9.47 Å². The molecule has 0 aromatic heterocycles. The zero-order valence-corrected chi connectivity index (χ0v) is 22.8. The van der Waals surface area contributed by atoms with Gasteiger partial charge in [0.1, 0.15) is 0 Å². The molecule has 0 aromatic rings. The lowest BCUT2D eigenvalue weighted by atomic mass is 9.91. The fraction of sp³-hybridized carbons (Fsp3) is 1.00. The maximum atomic E-state index is 12.7. The van der Waals surface area contributed by atoms with E-state index in [-0.39, 0.29) is 34.9 Å². The Labute approximate surface area is 211 Å². The summed E-state index contributed by atoms with van der Waals surface area (Å²) in [5, 5.41) is 0.372. The van der Waals surface area contributed by atoms with Gasteiger partial charge in [0.2, 0.25) is 0 Å². The predicted molar refractivity (Wildman–Crippen MR) is 136 cm³/mol. The van der Waals surface area contributed by atoms with Crippen molar-refractivity contribution < 1.29 is 26.3 Å². The molecule has 4 fully saturated rings. The van der Waals surface area contributed by atoms with Gasteiger partial charge in [-0.05, 0) is 109 Å². The Balaban J connectivity index is 1.09. The highest BCUT2D eigenvalue weighted by Crippen LogP contribution is 2.33. The van der Waals surface area contributed by atoms with Gasteiger partial charge in [-0.15, -0.1) is 0 Å². The summed E-state index contributed by atoms with van der Waals surface area (Å²) < 4.78 is 49.1. The highest BCUT2D eigenvalue weighted by Gasteiger charge is 2.33. The lowest BCUT2D eigenvalue weighted by Crippen LogP contribution is -2.35. The minimum atomic E-state index is -1.20. The van der Waals surface area contributed by atoms with Crippen LogP contribution in [-0.4, -0.2) is 56.5 Å². The highest BCUT2D eigenvalue weighted by molar-refractivity contribution is 7.81. The summed E-state index contributed by atoms with van der Waals surface area (Å²) in [6, 6.07) is 0. The monoisotopic (exact) mass is 518 g/mol. The maximum Gasteiger partial charge on any atom is 0.158 e. The van der Waals surface area contributed by atoms with Crippen LogP contribution >= 0.6 is 0 Å². The van der Waals surface area contributed by atoms with Gasteiger partial charge in [-0.3, -0.25) is 8.37 Å². The molecule has 34 heavy (non-hydrogen) atoms. The fourth-order valence-electron chi connectivity index (χ4n) is 6.11. The molecule has 0 N–H and O–H groups in total. The summed E-state index contributed by atoms with van der Waals surface area (Å²) in [6.45, 7) is 2.29. The zero-order chi connectivity index (χ0) is 23.9. The second-order valence-corrected chi connectivity index (χ2v) is 13.9. The number of rotatable bonds is 9. The van der Waals surface area contributed by atoms with Crippen molar-refractivity contribution in [1.29, 1.82) is 0 Å². The topological polar surface area (TPSA) is 71.1 Å². The molecule has 0 radical (unpaired) electrons. The number of hydrogen-bond donors (Lipinski definition) is 0. The molecule has 4 saturated carbocycles. The quantitative estimate of drug-likeness (QED) is 0.400. The second kappa shape index (κ2) is 13.6. The van der Waals surface area contributed by atoms with Crippen LogP contribution in [0.5, 0.6) is 0 Å². The lowest BCUT2D eigenvalue weighted by Gasteiger charge is -2.35. The normalized spacial score (nSPS) is 41.6. The van der Waals surface area contributed by atoms with E-state index in [0.29, 0.717) is 6.10 Å². The molecule has 0 amide bonds. The van der Waals surface area contributed by atoms with Crippen LogP contribution in [0, 0.1) is 5.92 Å². The molecule has 4 rings (SSSR count). The Morgan fingerprint density at radius 1 is 0.500 bits per heavy atom. The molecular weight excluding hydrogens is 472 g/mol. The van der Waals surface area contributed by atoms with Gasteiger partial charge in [0.25, 0.3) is 0 Å². The van der Waals surface area contributed by atoms with Crippen LogP contribution in [0.3, 0.4) is 0 Å². The summed E-state index contributed by atoms with van der Waals surface area (Å²) in [5.41, 5.74) is 0.